The number of likely N-dealkylation sites (tertiary alicyclic amines) is 1. The molecule has 1 saturated heterocycles. The van der Waals surface area contributed by atoms with Gasteiger partial charge in [0.1, 0.15) is 35.6 Å². The number of alkyl carbamates (subject to hydrolysis) is 1. The molecule has 0 spiro atoms. The van der Waals surface area contributed by atoms with Gasteiger partial charge < -0.3 is 25.0 Å². The lowest BCUT2D eigenvalue weighted by atomic mass is 10.1. The molecule has 3 N–H and O–H groups in total. The smallest absolute Gasteiger partial charge is 0.410 e. The molecule has 250 valence electrons. The fourth-order valence-corrected chi connectivity index (χ4v) is 7.08. The first-order chi connectivity index (χ1) is 21.5. The van der Waals surface area contributed by atoms with Crippen molar-refractivity contribution in [2.24, 2.45) is 5.92 Å². The molecule has 0 aromatic heterocycles. The van der Waals surface area contributed by atoms with Gasteiger partial charge in [0.25, 0.3) is 5.91 Å². The zero-order valence-corrected chi connectivity index (χ0v) is 26.7. The zero-order valence-electron chi connectivity index (χ0n) is 25.8. The summed E-state index contributed by atoms with van der Waals surface area (Å²) >= 11 is 0. The van der Waals surface area contributed by atoms with Crippen molar-refractivity contribution >= 4 is 39.9 Å². The van der Waals surface area contributed by atoms with Crippen LogP contribution in [-0.4, -0.2) is 89.8 Å². The molecule has 16 heteroatoms. The van der Waals surface area contributed by atoms with Crippen LogP contribution in [0.1, 0.15) is 57.6 Å². The predicted octanol–water partition coefficient (Wildman–Crippen LogP) is 1.44. The summed E-state index contributed by atoms with van der Waals surface area (Å²) in [4.78, 5) is 67.9. The molecule has 0 bridgehead atoms. The third-order valence-corrected chi connectivity index (χ3v) is 10.2. The lowest BCUT2D eigenvalue weighted by molar-refractivity contribution is -0.139. The normalized spacial score (nSPS) is 25.3. The highest BCUT2D eigenvalue weighted by molar-refractivity contribution is 7.91. The Kier molecular flexibility index (Phi) is 8.79. The first-order valence-corrected chi connectivity index (χ1v) is 16.6. The average Bonchev–Trinajstić information content (AvgIpc) is 3.85. The quantitative estimate of drug-likeness (QED) is 0.330. The monoisotopic (exact) mass is 663 g/mol. The molecule has 2 aliphatic carbocycles. The molecule has 2 aliphatic heterocycles. The number of sulfonamides is 1. The number of rotatable bonds is 9. The van der Waals surface area contributed by atoms with Gasteiger partial charge in [0.15, 0.2) is 0 Å². The number of amides is 5. The van der Waals surface area contributed by atoms with Crippen molar-refractivity contribution in [1.82, 2.24) is 25.2 Å². The number of halogens is 1. The summed E-state index contributed by atoms with van der Waals surface area (Å²) < 4.78 is 52.1. The maximum absolute atomic E-state index is 14.2. The van der Waals surface area contributed by atoms with E-state index in [0.29, 0.717) is 24.0 Å². The highest BCUT2D eigenvalue weighted by atomic mass is 32.2. The Morgan fingerprint density at radius 3 is 2.48 bits per heavy atom. The van der Waals surface area contributed by atoms with Crippen LogP contribution in [0.3, 0.4) is 0 Å². The van der Waals surface area contributed by atoms with Gasteiger partial charge in [-0.25, -0.2) is 22.4 Å². The SMILES string of the molecule is C=CC1CC1(NC(=O)C1CC(OC(=O)N2Cc3cccc(F)c3C2)CN1C(=O)CNC(=O)OC(C)(C)C)C(=O)NS(=O)(=O)C1CC1. The minimum absolute atomic E-state index is 0.00966. The Hall–Kier alpha value is -4.21. The van der Waals surface area contributed by atoms with Crippen LogP contribution in [0.4, 0.5) is 14.0 Å². The van der Waals surface area contributed by atoms with E-state index in [2.05, 4.69) is 21.9 Å². The highest BCUT2D eigenvalue weighted by Crippen LogP contribution is 2.45. The zero-order chi connectivity index (χ0) is 33.6. The summed E-state index contributed by atoms with van der Waals surface area (Å²) in [6.07, 6.45) is -0.338. The maximum atomic E-state index is 14.2. The summed E-state index contributed by atoms with van der Waals surface area (Å²) in [7, 11) is -3.91. The second-order valence-electron chi connectivity index (χ2n) is 13.1. The Morgan fingerprint density at radius 1 is 1.15 bits per heavy atom. The van der Waals surface area contributed by atoms with Gasteiger partial charge in [0, 0.05) is 24.4 Å². The molecule has 2 heterocycles. The number of benzene rings is 1. The van der Waals surface area contributed by atoms with Crippen LogP contribution in [0.15, 0.2) is 30.9 Å². The fourth-order valence-electron chi connectivity index (χ4n) is 5.72. The Balaban J connectivity index is 1.29. The van der Waals surface area contributed by atoms with Gasteiger partial charge in [-0.05, 0) is 51.7 Å². The Labute approximate surface area is 266 Å². The van der Waals surface area contributed by atoms with E-state index in [0.717, 1.165) is 4.90 Å². The van der Waals surface area contributed by atoms with E-state index in [1.54, 1.807) is 32.9 Å². The third-order valence-electron chi connectivity index (χ3n) is 8.37. The van der Waals surface area contributed by atoms with E-state index in [4.69, 9.17) is 9.47 Å². The Morgan fingerprint density at radius 2 is 1.87 bits per heavy atom. The van der Waals surface area contributed by atoms with Gasteiger partial charge in [-0.2, -0.15) is 0 Å². The van der Waals surface area contributed by atoms with E-state index < -0.39 is 86.7 Å². The second-order valence-corrected chi connectivity index (χ2v) is 15.0. The third kappa shape index (κ3) is 7.11. The van der Waals surface area contributed by atoms with Gasteiger partial charge in [-0.1, -0.05) is 18.2 Å². The van der Waals surface area contributed by atoms with E-state index >= 15 is 0 Å². The number of hydrogen-bond acceptors (Lipinski definition) is 9. The van der Waals surface area contributed by atoms with Crippen molar-refractivity contribution in [3.63, 3.8) is 0 Å². The van der Waals surface area contributed by atoms with Crippen LogP contribution in [0.25, 0.3) is 0 Å². The average molecular weight is 664 g/mol. The molecule has 5 amide bonds. The van der Waals surface area contributed by atoms with Crippen molar-refractivity contribution in [2.45, 2.75) is 88.1 Å². The minimum Gasteiger partial charge on any atom is -0.444 e. The first kappa shape index (κ1) is 33.2. The molecule has 4 unspecified atom stereocenters. The molecular formula is C30H38FN5O9S. The molecular weight excluding hydrogens is 625 g/mol. The Bertz CT molecular complexity index is 1570. The minimum atomic E-state index is -3.91. The molecule has 2 saturated carbocycles. The standard InChI is InChI=1S/C30H38FN5O9S/c1-5-18-12-30(18,26(39)34-46(42,43)20-9-10-20)33-25(38)23-11-19(15-36(23)24(37)13-32-27(40)45-29(2,3)4)44-28(41)35-14-17-7-6-8-22(31)21(17)16-35/h5-8,18-20,23H,1,9-16H2,2-4H3,(H,32,40)(H,33,38)(H,34,39). The van der Waals surface area contributed by atoms with E-state index in [9.17, 15) is 36.8 Å². The summed E-state index contributed by atoms with van der Waals surface area (Å²) in [5, 5.41) is 4.32. The van der Waals surface area contributed by atoms with Gasteiger partial charge in [-0.15, -0.1) is 6.58 Å². The first-order valence-electron chi connectivity index (χ1n) is 15.0. The van der Waals surface area contributed by atoms with Gasteiger partial charge in [-0.3, -0.25) is 24.0 Å². The summed E-state index contributed by atoms with van der Waals surface area (Å²) in [6.45, 7) is 7.99. The molecule has 4 atom stereocenters. The highest BCUT2D eigenvalue weighted by Gasteiger charge is 2.62. The molecule has 5 rings (SSSR count). The van der Waals surface area contributed by atoms with Crippen molar-refractivity contribution in [2.75, 3.05) is 13.1 Å². The second kappa shape index (κ2) is 12.2. The summed E-state index contributed by atoms with van der Waals surface area (Å²) in [5.74, 6) is -3.37. The number of fused-ring (bicyclic) bond motifs is 1. The lowest BCUT2D eigenvalue weighted by Crippen LogP contribution is -2.57. The van der Waals surface area contributed by atoms with Gasteiger partial charge >= 0.3 is 12.2 Å². The summed E-state index contributed by atoms with van der Waals surface area (Å²) in [6, 6.07) is 3.31. The molecule has 4 aliphatic rings. The number of nitrogens with one attached hydrogen (secondary N) is 3. The van der Waals surface area contributed by atoms with E-state index in [-0.39, 0.29) is 32.5 Å². The van der Waals surface area contributed by atoms with Crippen LogP contribution in [0, 0.1) is 11.7 Å². The van der Waals surface area contributed by atoms with E-state index in [1.165, 1.54) is 17.0 Å². The van der Waals surface area contributed by atoms with Crippen molar-refractivity contribution < 1.29 is 46.3 Å². The number of nitrogens with zero attached hydrogens (tertiary/aromatic N) is 2. The number of carbonyl (C=O) groups is 5. The molecule has 3 fully saturated rings. The van der Waals surface area contributed by atoms with Crippen LogP contribution in [0.5, 0.6) is 0 Å². The molecule has 14 nitrogen and oxygen atoms in total. The van der Waals surface area contributed by atoms with Crippen molar-refractivity contribution in [3.05, 3.63) is 47.8 Å². The number of hydrogen-bond donors (Lipinski definition) is 3. The van der Waals surface area contributed by atoms with Gasteiger partial charge in [0.05, 0.1) is 18.3 Å². The number of ether oxygens (including phenoxy) is 2. The maximum Gasteiger partial charge on any atom is 0.410 e. The lowest BCUT2D eigenvalue weighted by Gasteiger charge is -2.27. The van der Waals surface area contributed by atoms with Crippen LogP contribution in [0.2, 0.25) is 0 Å². The molecule has 1 aromatic rings. The largest absolute Gasteiger partial charge is 0.444 e. The number of carbonyl (C=O) groups excluding carboxylic acids is 5. The van der Waals surface area contributed by atoms with Crippen LogP contribution in [-0.2, 0) is 47.0 Å². The van der Waals surface area contributed by atoms with Crippen LogP contribution >= 0.6 is 0 Å². The fraction of sp³-hybridized carbons (Fsp3) is 0.567. The molecule has 46 heavy (non-hydrogen) atoms. The topological polar surface area (TPSA) is 181 Å². The van der Waals surface area contributed by atoms with Crippen molar-refractivity contribution in [3.8, 4) is 0 Å². The molecule has 1 aromatic carbocycles. The van der Waals surface area contributed by atoms with Crippen molar-refractivity contribution in [1.29, 1.82) is 0 Å². The van der Waals surface area contributed by atoms with Crippen LogP contribution < -0.4 is 15.4 Å². The predicted molar refractivity (Wildman–Crippen MR) is 160 cm³/mol. The van der Waals surface area contributed by atoms with Gasteiger partial charge in [0.2, 0.25) is 21.8 Å². The molecule has 0 radical (unpaired) electrons. The summed E-state index contributed by atoms with van der Waals surface area (Å²) in [5.41, 5.74) is -1.40. The van der Waals surface area contributed by atoms with E-state index in [1.807, 2.05) is 0 Å².